The summed E-state index contributed by atoms with van der Waals surface area (Å²) in [6.07, 6.45) is 4.74. The van der Waals surface area contributed by atoms with E-state index < -0.39 is 16.1 Å². The molecule has 0 spiro atoms. The molecule has 1 N–H and O–H groups in total. The van der Waals surface area contributed by atoms with E-state index in [0.29, 0.717) is 6.54 Å². The Labute approximate surface area is 100 Å². The molecular weight excluding hydrogens is 240 g/mol. The Hall–Kier alpha value is -1.39. The minimum atomic E-state index is -3.67. The Kier molecular flexibility index (Phi) is 3.17. The van der Waals surface area contributed by atoms with Gasteiger partial charge in [-0.1, -0.05) is 0 Å². The first-order valence-corrected chi connectivity index (χ1v) is 6.99. The molecular formula is C10H14N4O2S. The number of rotatable bonds is 5. The molecule has 7 heteroatoms. The molecule has 1 atom stereocenters. The third-order valence-electron chi connectivity index (χ3n) is 2.76. The van der Waals surface area contributed by atoms with Gasteiger partial charge < -0.3 is 4.57 Å². The lowest BCUT2D eigenvalue weighted by Gasteiger charge is -2.08. The Morgan fingerprint density at radius 2 is 2.41 bits per heavy atom. The molecule has 1 aromatic heterocycles. The van der Waals surface area contributed by atoms with Crippen molar-refractivity contribution in [1.82, 2.24) is 14.3 Å². The summed E-state index contributed by atoms with van der Waals surface area (Å²) in [5.41, 5.74) is 0. The minimum Gasteiger partial charge on any atom is -0.336 e. The fourth-order valence-electron chi connectivity index (χ4n) is 1.54. The van der Waals surface area contributed by atoms with Crippen molar-refractivity contribution in [2.75, 3.05) is 0 Å². The van der Waals surface area contributed by atoms with Crippen molar-refractivity contribution in [3.05, 3.63) is 12.5 Å². The second-order valence-corrected chi connectivity index (χ2v) is 5.77. The van der Waals surface area contributed by atoms with Gasteiger partial charge in [-0.15, -0.1) is 0 Å². The van der Waals surface area contributed by atoms with E-state index in [2.05, 4.69) is 9.71 Å². The van der Waals surface area contributed by atoms with Crippen LogP contribution in [0.4, 0.5) is 0 Å². The highest BCUT2D eigenvalue weighted by Crippen LogP contribution is 2.32. The second-order valence-electron chi connectivity index (χ2n) is 4.11. The van der Waals surface area contributed by atoms with E-state index >= 15 is 0 Å². The predicted octanol–water partition coefficient (Wildman–Crippen LogP) is 0.483. The lowest BCUT2D eigenvalue weighted by molar-refractivity contribution is 0.557. The zero-order chi connectivity index (χ0) is 12.5. The Bertz CT molecular complexity index is 539. The van der Waals surface area contributed by atoms with E-state index in [-0.39, 0.29) is 10.9 Å². The van der Waals surface area contributed by atoms with Crippen LogP contribution in [-0.2, 0) is 16.6 Å². The van der Waals surface area contributed by atoms with Crippen LogP contribution in [-0.4, -0.2) is 24.0 Å². The normalized spacial score (nSPS) is 17.6. The van der Waals surface area contributed by atoms with Gasteiger partial charge in [0.15, 0.2) is 5.03 Å². The fraction of sp³-hybridized carbons (Fsp3) is 0.600. The first-order chi connectivity index (χ1) is 8.06. The number of imidazole rings is 1. The molecule has 1 aliphatic carbocycles. The van der Waals surface area contributed by atoms with Crippen molar-refractivity contribution >= 4 is 10.0 Å². The van der Waals surface area contributed by atoms with Crippen LogP contribution in [0, 0.1) is 17.2 Å². The Balaban J connectivity index is 2.15. The van der Waals surface area contributed by atoms with E-state index in [9.17, 15) is 8.42 Å². The number of sulfonamides is 1. The molecule has 1 heterocycles. The zero-order valence-corrected chi connectivity index (χ0v) is 10.3. The number of nitrogens with zero attached hydrogens (tertiary/aromatic N) is 3. The van der Waals surface area contributed by atoms with Crippen molar-refractivity contribution in [1.29, 1.82) is 5.26 Å². The van der Waals surface area contributed by atoms with Gasteiger partial charge in [0.05, 0.1) is 12.4 Å². The predicted molar refractivity (Wildman–Crippen MR) is 60.3 cm³/mol. The fourth-order valence-corrected chi connectivity index (χ4v) is 2.70. The molecule has 17 heavy (non-hydrogen) atoms. The molecule has 0 bridgehead atoms. The topological polar surface area (TPSA) is 87.8 Å². The van der Waals surface area contributed by atoms with Gasteiger partial charge in [-0.05, 0) is 25.7 Å². The highest BCUT2D eigenvalue weighted by molar-refractivity contribution is 7.89. The van der Waals surface area contributed by atoms with Gasteiger partial charge in [-0.3, -0.25) is 0 Å². The molecule has 0 radical (unpaired) electrons. The van der Waals surface area contributed by atoms with Crippen molar-refractivity contribution in [3.63, 3.8) is 0 Å². The van der Waals surface area contributed by atoms with E-state index in [4.69, 9.17) is 5.26 Å². The lowest BCUT2D eigenvalue weighted by Crippen LogP contribution is -2.35. The Morgan fingerprint density at radius 3 is 2.88 bits per heavy atom. The number of hydrogen-bond donors (Lipinski definition) is 1. The molecule has 1 aromatic rings. The van der Waals surface area contributed by atoms with Crippen LogP contribution in [0.1, 0.15) is 19.8 Å². The number of nitrogens with one attached hydrogen (secondary N) is 1. The van der Waals surface area contributed by atoms with Crippen molar-refractivity contribution in [3.8, 4) is 6.07 Å². The van der Waals surface area contributed by atoms with Crippen LogP contribution in [0.15, 0.2) is 17.6 Å². The summed E-state index contributed by atoms with van der Waals surface area (Å²) in [4.78, 5) is 3.83. The van der Waals surface area contributed by atoms with E-state index in [0.717, 1.165) is 12.8 Å². The van der Waals surface area contributed by atoms with Gasteiger partial charge in [-0.25, -0.2) is 13.4 Å². The van der Waals surface area contributed by atoms with Gasteiger partial charge in [-0.2, -0.15) is 9.98 Å². The van der Waals surface area contributed by atoms with Gasteiger partial charge in [0.1, 0.15) is 6.04 Å². The van der Waals surface area contributed by atoms with Crippen molar-refractivity contribution < 1.29 is 8.42 Å². The van der Waals surface area contributed by atoms with Crippen LogP contribution in [0.2, 0.25) is 0 Å². The first kappa shape index (κ1) is 12.1. The van der Waals surface area contributed by atoms with Crippen LogP contribution in [0.3, 0.4) is 0 Å². The van der Waals surface area contributed by atoms with Crippen molar-refractivity contribution in [2.24, 2.45) is 5.92 Å². The zero-order valence-electron chi connectivity index (χ0n) is 9.50. The van der Waals surface area contributed by atoms with Gasteiger partial charge in [0, 0.05) is 12.7 Å². The summed E-state index contributed by atoms with van der Waals surface area (Å²) in [5.74, 6) is 0.156. The minimum absolute atomic E-state index is 0.0275. The molecule has 6 nitrogen and oxygen atoms in total. The maximum absolute atomic E-state index is 11.9. The maximum atomic E-state index is 11.9. The van der Waals surface area contributed by atoms with Crippen LogP contribution in [0.5, 0.6) is 0 Å². The van der Waals surface area contributed by atoms with E-state index in [1.54, 1.807) is 4.57 Å². The molecule has 2 rings (SSSR count). The molecule has 1 saturated carbocycles. The number of aryl methyl sites for hydroxylation is 1. The molecule has 1 fully saturated rings. The molecule has 0 aliphatic heterocycles. The first-order valence-electron chi connectivity index (χ1n) is 5.50. The maximum Gasteiger partial charge on any atom is 0.260 e. The number of nitriles is 1. The number of aromatic nitrogens is 2. The monoisotopic (exact) mass is 254 g/mol. The van der Waals surface area contributed by atoms with E-state index in [1.165, 1.54) is 12.5 Å². The Morgan fingerprint density at radius 1 is 1.71 bits per heavy atom. The molecule has 1 aliphatic rings. The molecule has 0 amide bonds. The summed E-state index contributed by atoms with van der Waals surface area (Å²) in [7, 11) is -3.67. The largest absolute Gasteiger partial charge is 0.336 e. The van der Waals surface area contributed by atoms with Gasteiger partial charge in [0.2, 0.25) is 0 Å². The molecule has 1 unspecified atom stereocenters. The SMILES string of the molecule is CCn1cnc(S(=O)(=O)NC(C#N)C2CC2)c1. The molecule has 0 saturated heterocycles. The third-order valence-corrected chi connectivity index (χ3v) is 4.09. The quantitative estimate of drug-likeness (QED) is 0.828. The second kappa shape index (κ2) is 4.47. The van der Waals surface area contributed by atoms with Crippen LogP contribution < -0.4 is 4.72 Å². The average molecular weight is 254 g/mol. The molecule has 0 aromatic carbocycles. The number of hydrogen-bond acceptors (Lipinski definition) is 4. The smallest absolute Gasteiger partial charge is 0.260 e. The van der Waals surface area contributed by atoms with Crippen LogP contribution in [0.25, 0.3) is 0 Å². The summed E-state index contributed by atoms with van der Waals surface area (Å²) in [6.45, 7) is 2.56. The summed E-state index contributed by atoms with van der Waals surface area (Å²) in [6, 6.07) is 1.35. The summed E-state index contributed by atoms with van der Waals surface area (Å²) >= 11 is 0. The van der Waals surface area contributed by atoms with Gasteiger partial charge in [0.25, 0.3) is 10.0 Å². The average Bonchev–Trinajstić information content (AvgIpc) is 3.02. The lowest BCUT2D eigenvalue weighted by atomic mass is 10.2. The van der Waals surface area contributed by atoms with Crippen LogP contribution >= 0.6 is 0 Å². The summed E-state index contributed by atoms with van der Waals surface area (Å²) in [5, 5.41) is 8.87. The van der Waals surface area contributed by atoms with Gasteiger partial charge >= 0.3 is 0 Å². The third kappa shape index (κ3) is 2.65. The standard InChI is InChI=1S/C10H14N4O2S/c1-2-14-6-10(12-7-14)17(15,16)13-9(5-11)8-3-4-8/h6-9,13H,2-4H2,1H3. The highest BCUT2D eigenvalue weighted by Gasteiger charge is 2.35. The van der Waals surface area contributed by atoms with Crippen molar-refractivity contribution in [2.45, 2.75) is 37.4 Å². The highest BCUT2D eigenvalue weighted by atomic mass is 32.2. The van der Waals surface area contributed by atoms with E-state index in [1.807, 2.05) is 13.0 Å². The molecule has 92 valence electrons. The summed E-state index contributed by atoms with van der Waals surface area (Å²) < 4.78 is 27.9.